The second-order valence-electron chi connectivity index (χ2n) is 6.53. The van der Waals surface area contributed by atoms with Gasteiger partial charge < -0.3 is 10.6 Å². The third-order valence-corrected chi connectivity index (χ3v) is 3.58. The molecule has 1 unspecified atom stereocenters. The Morgan fingerprint density at radius 3 is 2.43 bits per heavy atom. The number of nitrogens with zero attached hydrogens (tertiary/aromatic N) is 4. The van der Waals surface area contributed by atoms with Gasteiger partial charge in [0, 0.05) is 18.8 Å². The standard InChI is InChI=1S/C16H24N6O/c1-10(12-9-22(16(3,4)5)21-11(12)2)18-14-8-7-13(19-20-14)15(23)17-6/h7-10H,1-6H3,(H,17,23)(H,18,20). The first-order valence-electron chi connectivity index (χ1n) is 7.61. The van der Waals surface area contributed by atoms with E-state index in [1.165, 1.54) is 0 Å². The van der Waals surface area contributed by atoms with Crippen molar-refractivity contribution in [2.45, 2.75) is 46.2 Å². The van der Waals surface area contributed by atoms with E-state index in [2.05, 4.69) is 52.9 Å². The number of hydrogen-bond acceptors (Lipinski definition) is 5. The number of amides is 1. The van der Waals surface area contributed by atoms with Gasteiger partial charge in [0.2, 0.25) is 0 Å². The number of hydrogen-bond donors (Lipinski definition) is 2. The van der Waals surface area contributed by atoms with Crippen LogP contribution in [-0.4, -0.2) is 32.9 Å². The van der Waals surface area contributed by atoms with Crippen LogP contribution >= 0.6 is 0 Å². The Balaban J connectivity index is 2.14. The molecule has 1 atom stereocenters. The molecule has 7 nitrogen and oxygen atoms in total. The Morgan fingerprint density at radius 1 is 1.26 bits per heavy atom. The summed E-state index contributed by atoms with van der Waals surface area (Å²) in [6, 6.07) is 3.43. The summed E-state index contributed by atoms with van der Waals surface area (Å²) in [4.78, 5) is 11.5. The molecule has 2 aromatic rings. The topological polar surface area (TPSA) is 84.7 Å². The lowest BCUT2D eigenvalue weighted by atomic mass is 10.1. The molecule has 1 amide bonds. The van der Waals surface area contributed by atoms with Gasteiger partial charge in [0.1, 0.15) is 5.82 Å². The molecule has 0 aliphatic carbocycles. The number of nitrogens with one attached hydrogen (secondary N) is 2. The van der Waals surface area contributed by atoms with Crippen LogP contribution in [0.25, 0.3) is 0 Å². The summed E-state index contributed by atoms with van der Waals surface area (Å²) in [5.41, 5.74) is 2.33. The average molecular weight is 316 g/mol. The molecule has 0 spiro atoms. The summed E-state index contributed by atoms with van der Waals surface area (Å²) in [7, 11) is 1.56. The molecule has 7 heteroatoms. The molecule has 0 radical (unpaired) electrons. The maximum Gasteiger partial charge on any atom is 0.271 e. The third kappa shape index (κ3) is 3.85. The maximum atomic E-state index is 11.5. The summed E-state index contributed by atoms with van der Waals surface area (Å²) in [6.45, 7) is 10.4. The molecule has 124 valence electrons. The zero-order valence-electron chi connectivity index (χ0n) is 14.5. The van der Waals surface area contributed by atoms with Crippen molar-refractivity contribution in [2.75, 3.05) is 12.4 Å². The molecule has 2 aromatic heterocycles. The van der Waals surface area contributed by atoms with Crippen molar-refractivity contribution in [3.8, 4) is 0 Å². The van der Waals surface area contributed by atoms with Crippen LogP contribution in [-0.2, 0) is 5.54 Å². The van der Waals surface area contributed by atoms with Gasteiger partial charge in [-0.25, -0.2) is 0 Å². The Kier molecular flexibility index (Phi) is 4.68. The summed E-state index contributed by atoms with van der Waals surface area (Å²) in [5.74, 6) is 0.368. The lowest BCUT2D eigenvalue weighted by Crippen LogP contribution is -2.22. The Hall–Kier alpha value is -2.44. The molecule has 0 bridgehead atoms. The minimum absolute atomic E-state index is 0.0336. The molecule has 2 rings (SSSR count). The second-order valence-corrected chi connectivity index (χ2v) is 6.53. The van der Waals surface area contributed by atoms with E-state index in [9.17, 15) is 4.79 Å². The highest BCUT2D eigenvalue weighted by Crippen LogP contribution is 2.23. The highest BCUT2D eigenvalue weighted by atomic mass is 16.1. The molecular weight excluding hydrogens is 292 g/mol. The minimum Gasteiger partial charge on any atom is -0.362 e. The van der Waals surface area contributed by atoms with E-state index in [0.29, 0.717) is 11.5 Å². The molecular formula is C16H24N6O. The van der Waals surface area contributed by atoms with E-state index >= 15 is 0 Å². The summed E-state index contributed by atoms with van der Waals surface area (Å²) >= 11 is 0. The summed E-state index contributed by atoms with van der Waals surface area (Å²) in [6.07, 6.45) is 2.05. The van der Waals surface area contributed by atoms with Gasteiger partial charge in [0.15, 0.2) is 5.69 Å². The van der Waals surface area contributed by atoms with Gasteiger partial charge in [-0.3, -0.25) is 9.48 Å². The van der Waals surface area contributed by atoms with Crippen LogP contribution in [0.2, 0.25) is 0 Å². The van der Waals surface area contributed by atoms with Gasteiger partial charge in [-0.15, -0.1) is 10.2 Å². The van der Waals surface area contributed by atoms with Crippen LogP contribution in [0.3, 0.4) is 0 Å². The first kappa shape index (κ1) is 16.9. The van der Waals surface area contributed by atoms with E-state index in [-0.39, 0.29) is 17.5 Å². The van der Waals surface area contributed by atoms with Crippen molar-refractivity contribution >= 4 is 11.7 Å². The van der Waals surface area contributed by atoms with Crippen molar-refractivity contribution in [1.82, 2.24) is 25.3 Å². The Bertz CT molecular complexity index is 684. The second kappa shape index (κ2) is 6.36. The maximum absolute atomic E-state index is 11.5. The van der Waals surface area contributed by atoms with Crippen molar-refractivity contribution < 1.29 is 4.79 Å². The van der Waals surface area contributed by atoms with E-state index in [1.54, 1.807) is 19.2 Å². The van der Waals surface area contributed by atoms with Crippen molar-refractivity contribution in [3.63, 3.8) is 0 Å². The number of anilines is 1. The molecule has 0 fully saturated rings. The number of rotatable bonds is 4. The molecule has 2 heterocycles. The van der Waals surface area contributed by atoms with Gasteiger partial charge in [0.25, 0.3) is 5.91 Å². The fourth-order valence-corrected chi connectivity index (χ4v) is 2.20. The van der Waals surface area contributed by atoms with Crippen LogP contribution < -0.4 is 10.6 Å². The summed E-state index contributed by atoms with van der Waals surface area (Å²) < 4.78 is 1.97. The number of carbonyl (C=O) groups excluding carboxylic acids is 1. The van der Waals surface area contributed by atoms with E-state index in [1.807, 2.05) is 18.5 Å². The highest BCUT2D eigenvalue weighted by Gasteiger charge is 2.19. The van der Waals surface area contributed by atoms with Gasteiger partial charge in [0.05, 0.1) is 17.3 Å². The predicted molar refractivity (Wildman–Crippen MR) is 89.4 cm³/mol. The van der Waals surface area contributed by atoms with E-state index in [0.717, 1.165) is 11.3 Å². The largest absolute Gasteiger partial charge is 0.362 e. The lowest BCUT2D eigenvalue weighted by molar-refractivity contribution is 0.0957. The smallest absolute Gasteiger partial charge is 0.271 e. The lowest BCUT2D eigenvalue weighted by Gasteiger charge is -2.19. The molecule has 0 aliphatic rings. The predicted octanol–water partition coefficient (Wildman–Crippen LogP) is 2.27. The zero-order chi connectivity index (χ0) is 17.2. The summed E-state index contributed by atoms with van der Waals surface area (Å²) in [5, 5.41) is 18.4. The average Bonchev–Trinajstić information content (AvgIpc) is 2.89. The van der Waals surface area contributed by atoms with Gasteiger partial charge >= 0.3 is 0 Å². The monoisotopic (exact) mass is 316 g/mol. The molecule has 0 saturated heterocycles. The van der Waals surface area contributed by atoms with Crippen LogP contribution in [0.1, 0.15) is 55.5 Å². The van der Waals surface area contributed by atoms with Crippen LogP contribution in [0.5, 0.6) is 0 Å². The Morgan fingerprint density at radius 2 is 1.96 bits per heavy atom. The fraction of sp³-hybridized carbons (Fsp3) is 0.500. The van der Waals surface area contributed by atoms with E-state index in [4.69, 9.17) is 0 Å². The minimum atomic E-state index is -0.251. The van der Waals surface area contributed by atoms with Crippen LogP contribution in [0, 0.1) is 6.92 Å². The fourth-order valence-electron chi connectivity index (χ4n) is 2.20. The SMILES string of the molecule is CNC(=O)c1ccc(NC(C)c2cn(C(C)(C)C)nc2C)nn1. The van der Waals surface area contributed by atoms with Gasteiger partial charge in [-0.1, -0.05) is 0 Å². The third-order valence-electron chi connectivity index (χ3n) is 3.58. The van der Waals surface area contributed by atoms with Gasteiger partial charge in [-0.05, 0) is 46.8 Å². The first-order chi connectivity index (χ1) is 10.7. The first-order valence-corrected chi connectivity index (χ1v) is 7.61. The van der Waals surface area contributed by atoms with Crippen molar-refractivity contribution in [3.05, 3.63) is 35.3 Å². The van der Waals surface area contributed by atoms with Crippen molar-refractivity contribution in [2.24, 2.45) is 0 Å². The Labute approximate surface area is 136 Å². The number of carbonyl (C=O) groups is 1. The zero-order valence-corrected chi connectivity index (χ0v) is 14.5. The van der Waals surface area contributed by atoms with Gasteiger partial charge in [-0.2, -0.15) is 5.10 Å². The van der Waals surface area contributed by atoms with E-state index < -0.39 is 0 Å². The molecule has 0 saturated carbocycles. The molecule has 0 aliphatic heterocycles. The quantitative estimate of drug-likeness (QED) is 0.904. The molecule has 0 aromatic carbocycles. The highest BCUT2D eigenvalue weighted by molar-refractivity contribution is 5.91. The number of aryl methyl sites for hydroxylation is 1. The van der Waals surface area contributed by atoms with Crippen molar-refractivity contribution in [1.29, 1.82) is 0 Å². The molecule has 2 N–H and O–H groups in total. The normalized spacial score (nSPS) is 12.8. The number of aromatic nitrogens is 4. The van der Waals surface area contributed by atoms with Crippen LogP contribution in [0.15, 0.2) is 18.3 Å². The van der Waals surface area contributed by atoms with Crippen LogP contribution in [0.4, 0.5) is 5.82 Å². The molecule has 23 heavy (non-hydrogen) atoms.